The molecular weight excluding hydrogens is 278 g/mol. The maximum atomic E-state index is 12.8. The minimum Gasteiger partial charge on any atom is -0.466 e. The molecule has 0 bridgehead atoms. The van der Waals surface area contributed by atoms with Crippen molar-refractivity contribution in [2.45, 2.75) is 39.0 Å². The minimum absolute atomic E-state index is 0.123. The number of carbonyl (C=O) groups excluding carboxylic acids is 2. The van der Waals surface area contributed by atoms with Crippen LogP contribution in [0.2, 0.25) is 0 Å². The summed E-state index contributed by atoms with van der Waals surface area (Å²) < 4.78 is 5.10. The Balaban J connectivity index is 2.06. The number of nitrogens with zero attached hydrogens (tertiary/aromatic N) is 1. The van der Waals surface area contributed by atoms with Crippen LogP contribution in [0.5, 0.6) is 0 Å². The molecule has 1 fully saturated rings. The Morgan fingerprint density at radius 1 is 1.27 bits per heavy atom. The van der Waals surface area contributed by atoms with Crippen LogP contribution in [0.15, 0.2) is 30.3 Å². The van der Waals surface area contributed by atoms with Crippen LogP contribution in [-0.2, 0) is 14.3 Å². The molecule has 0 aliphatic carbocycles. The molecule has 120 valence electrons. The molecule has 0 N–H and O–H groups in total. The highest BCUT2D eigenvalue weighted by Gasteiger charge is 2.32. The fourth-order valence-electron chi connectivity index (χ4n) is 3.09. The van der Waals surface area contributed by atoms with Crippen molar-refractivity contribution in [3.05, 3.63) is 35.9 Å². The molecule has 1 aromatic carbocycles. The number of hydrogen-bond donors (Lipinski definition) is 0. The quantitative estimate of drug-likeness (QED) is 0.786. The van der Waals surface area contributed by atoms with Crippen LogP contribution in [0.4, 0.5) is 0 Å². The number of amides is 1. The number of carbonyl (C=O) groups is 2. The Bertz CT molecular complexity index is 500. The Hall–Kier alpha value is -1.84. The predicted octanol–water partition coefficient (Wildman–Crippen LogP) is 2.98. The first-order chi connectivity index (χ1) is 10.7. The second kappa shape index (κ2) is 7.97. The first kappa shape index (κ1) is 16.5. The lowest BCUT2D eigenvalue weighted by molar-refractivity contribution is -0.151. The van der Waals surface area contributed by atoms with Crippen molar-refractivity contribution < 1.29 is 14.3 Å². The molecule has 0 aromatic heterocycles. The second-order valence-electron chi connectivity index (χ2n) is 5.75. The highest BCUT2D eigenvalue weighted by atomic mass is 16.5. The van der Waals surface area contributed by atoms with Crippen LogP contribution < -0.4 is 0 Å². The van der Waals surface area contributed by atoms with Gasteiger partial charge in [0.05, 0.1) is 18.4 Å². The van der Waals surface area contributed by atoms with Gasteiger partial charge < -0.3 is 9.64 Å². The van der Waals surface area contributed by atoms with Gasteiger partial charge in [-0.15, -0.1) is 0 Å². The lowest BCUT2D eigenvalue weighted by Gasteiger charge is -2.34. The van der Waals surface area contributed by atoms with Crippen molar-refractivity contribution in [2.24, 2.45) is 5.92 Å². The van der Waals surface area contributed by atoms with Crippen molar-refractivity contribution in [3.8, 4) is 0 Å². The summed E-state index contributed by atoms with van der Waals surface area (Å²) in [4.78, 5) is 26.6. The van der Waals surface area contributed by atoms with E-state index in [1.807, 2.05) is 49.1 Å². The number of ether oxygens (including phenoxy) is 1. The normalized spacial score (nSPS) is 19.5. The van der Waals surface area contributed by atoms with E-state index < -0.39 is 0 Å². The van der Waals surface area contributed by atoms with E-state index in [9.17, 15) is 9.59 Å². The summed E-state index contributed by atoms with van der Waals surface area (Å²) in [7, 11) is 0. The standard InChI is InChI=1S/C18H25NO3/c1-3-16(14-9-6-5-7-10-14)17(20)19-12-8-11-15(13-19)18(21)22-4-2/h5-7,9-10,15-16H,3-4,8,11-13H2,1-2H3/t15-,16+/m0/s1. The molecule has 22 heavy (non-hydrogen) atoms. The summed E-state index contributed by atoms with van der Waals surface area (Å²) in [5.74, 6) is -0.344. The van der Waals surface area contributed by atoms with Crippen molar-refractivity contribution in [1.82, 2.24) is 4.90 Å². The molecule has 1 amide bonds. The van der Waals surface area contributed by atoms with Crippen LogP contribution in [0.1, 0.15) is 44.6 Å². The van der Waals surface area contributed by atoms with Crippen LogP contribution in [0.3, 0.4) is 0 Å². The number of rotatable bonds is 5. The maximum Gasteiger partial charge on any atom is 0.310 e. The molecule has 0 spiro atoms. The summed E-state index contributed by atoms with van der Waals surface area (Å²) in [5.41, 5.74) is 1.05. The van der Waals surface area contributed by atoms with Gasteiger partial charge in [-0.25, -0.2) is 0 Å². The van der Waals surface area contributed by atoms with Gasteiger partial charge in [0.1, 0.15) is 0 Å². The minimum atomic E-state index is -0.175. The highest BCUT2D eigenvalue weighted by Crippen LogP contribution is 2.26. The predicted molar refractivity (Wildman–Crippen MR) is 85.4 cm³/mol. The van der Waals surface area contributed by atoms with Gasteiger partial charge in [0.15, 0.2) is 0 Å². The topological polar surface area (TPSA) is 46.6 Å². The zero-order valence-corrected chi connectivity index (χ0v) is 13.5. The number of likely N-dealkylation sites (tertiary alicyclic amines) is 1. The number of piperidine rings is 1. The molecule has 4 nitrogen and oxygen atoms in total. The SMILES string of the molecule is CCOC(=O)[C@H]1CCCN(C(=O)[C@H](CC)c2ccccc2)C1. The third-order valence-electron chi connectivity index (χ3n) is 4.26. The van der Waals surface area contributed by atoms with E-state index in [1.165, 1.54) is 0 Å². The Morgan fingerprint density at radius 2 is 2.00 bits per heavy atom. The molecule has 1 aliphatic rings. The number of hydrogen-bond acceptors (Lipinski definition) is 3. The van der Waals surface area contributed by atoms with Crippen LogP contribution in [0.25, 0.3) is 0 Å². The fraction of sp³-hybridized carbons (Fsp3) is 0.556. The van der Waals surface area contributed by atoms with E-state index in [4.69, 9.17) is 4.74 Å². The number of benzene rings is 1. The largest absolute Gasteiger partial charge is 0.466 e. The molecule has 1 aromatic rings. The van der Waals surface area contributed by atoms with Gasteiger partial charge in [0, 0.05) is 13.1 Å². The van der Waals surface area contributed by atoms with E-state index >= 15 is 0 Å². The van der Waals surface area contributed by atoms with Gasteiger partial charge in [-0.05, 0) is 31.7 Å². The Morgan fingerprint density at radius 3 is 2.64 bits per heavy atom. The fourth-order valence-corrected chi connectivity index (χ4v) is 3.09. The zero-order chi connectivity index (χ0) is 15.9. The average Bonchev–Trinajstić information content (AvgIpc) is 2.57. The molecule has 0 unspecified atom stereocenters. The Kier molecular flexibility index (Phi) is 5.99. The van der Waals surface area contributed by atoms with Crippen LogP contribution in [-0.4, -0.2) is 36.5 Å². The molecule has 0 saturated carbocycles. The van der Waals surface area contributed by atoms with Crippen LogP contribution >= 0.6 is 0 Å². The van der Waals surface area contributed by atoms with E-state index in [0.29, 0.717) is 13.2 Å². The van der Waals surface area contributed by atoms with Crippen molar-refractivity contribution >= 4 is 11.9 Å². The van der Waals surface area contributed by atoms with Gasteiger partial charge in [0.25, 0.3) is 0 Å². The van der Waals surface area contributed by atoms with Crippen molar-refractivity contribution in [3.63, 3.8) is 0 Å². The first-order valence-corrected chi connectivity index (χ1v) is 8.17. The monoisotopic (exact) mass is 303 g/mol. The molecule has 0 radical (unpaired) electrons. The number of esters is 1. The second-order valence-corrected chi connectivity index (χ2v) is 5.75. The van der Waals surface area contributed by atoms with Crippen molar-refractivity contribution in [2.75, 3.05) is 19.7 Å². The highest BCUT2D eigenvalue weighted by molar-refractivity contribution is 5.84. The van der Waals surface area contributed by atoms with Gasteiger partial charge in [0.2, 0.25) is 5.91 Å². The summed E-state index contributed by atoms with van der Waals surface area (Å²) in [6.07, 6.45) is 2.44. The third kappa shape index (κ3) is 3.87. The molecule has 2 rings (SSSR count). The van der Waals surface area contributed by atoms with E-state index in [2.05, 4.69) is 0 Å². The molecular formula is C18H25NO3. The van der Waals surface area contributed by atoms with E-state index in [-0.39, 0.29) is 23.7 Å². The molecule has 1 aliphatic heterocycles. The smallest absolute Gasteiger partial charge is 0.310 e. The molecule has 1 heterocycles. The van der Waals surface area contributed by atoms with E-state index in [1.54, 1.807) is 0 Å². The maximum absolute atomic E-state index is 12.8. The first-order valence-electron chi connectivity index (χ1n) is 8.17. The van der Waals surface area contributed by atoms with E-state index in [0.717, 1.165) is 31.4 Å². The summed E-state index contributed by atoms with van der Waals surface area (Å²) in [6.45, 7) is 5.46. The summed E-state index contributed by atoms with van der Waals surface area (Å²) >= 11 is 0. The lowest BCUT2D eigenvalue weighted by Crippen LogP contribution is -2.44. The zero-order valence-electron chi connectivity index (χ0n) is 13.5. The van der Waals surface area contributed by atoms with Gasteiger partial charge in [-0.1, -0.05) is 37.3 Å². The van der Waals surface area contributed by atoms with Gasteiger partial charge in [-0.3, -0.25) is 9.59 Å². The summed E-state index contributed by atoms with van der Waals surface area (Å²) in [6, 6.07) is 9.88. The lowest BCUT2D eigenvalue weighted by atomic mass is 9.92. The molecule has 1 saturated heterocycles. The Labute approximate surface area is 132 Å². The molecule has 4 heteroatoms. The average molecular weight is 303 g/mol. The third-order valence-corrected chi connectivity index (χ3v) is 4.26. The molecule has 2 atom stereocenters. The van der Waals surface area contributed by atoms with Crippen LogP contribution in [0, 0.1) is 5.92 Å². The van der Waals surface area contributed by atoms with Gasteiger partial charge in [-0.2, -0.15) is 0 Å². The summed E-state index contributed by atoms with van der Waals surface area (Å²) in [5, 5.41) is 0. The van der Waals surface area contributed by atoms with Crippen molar-refractivity contribution in [1.29, 1.82) is 0 Å². The van der Waals surface area contributed by atoms with Gasteiger partial charge >= 0.3 is 5.97 Å².